The molecule has 2 aromatic carbocycles. The van der Waals surface area contributed by atoms with Gasteiger partial charge in [-0.25, -0.2) is 27.2 Å². The first kappa shape index (κ1) is 23.6. The van der Waals surface area contributed by atoms with Gasteiger partial charge in [-0.15, -0.1) is 0 Å². The SMILES string of the molecule is CCCS(=O)(=O)Nc1ccc(F)c(C(=O)c2c[nH]c3ncc(-c4ccc5nc(C)[nH]c5c4)cc23)c1F. The van der Waals surface area contributed by atoms with Crippen molar-refractivity contribution in [1.82, 2.24) is 19.9 Å². The van der Waals surface area contributed by atoms with E-state index in [0.29, 0.717) is 23.0 Å². The van der Waals surface area contributed by atoms with E-state index in [1.807, 2.05) is 25.1 Å². The smallest absolute Gasteiger partial charge is 0.232 e. The van der Waals surface area contributed by atoms with Gasteiger partial charge >= 0.3 is 0 Å². The predicted molar refractivity (Wildman–Crippen MR) is 133 cm³/mol. The molecule has 3 N–H and O–H groups in total. The second kappa shape index (κ2) is 8.83. The number of carbonyl (C=O) groups is 1. The number of rotatable bonds is 7. The second-order valence-electron chi connectivity index (χ2n) is 8.41. The molecular weight excluding hydrogens is 488 g/mol. The molecular formula is C25H21F2N5O3S. The number of aryl methyl sites for hydroxylation is 1. The van der Waals surface area contributed by atoms with Crippen LogP contribution in [0.15, 0.2) is 48.8 Å². The Hall–Kier alpha value is -4.12. The van der Waals surface area contributed by atoms with Crippen molar-refractivity contribution < 1.29 is 22.0 Å². The van der Waals surface area contributed by atoms with Crippen molar-refractivity contribution in [3.63, 3.8) is 0 Å². The first-order valence-corrected chi connectivity index (χ1v) is 12.8. The molecule has 0 saturated heterocycles. The zero-order valence-electron chi connectivity index (χ0n) is 19.3. The number of hydrogen-bond acceptors (Lipinski definition) is 5. The fourth-order valence-electron chi connectivity index (χ4n) is 4.13. The highest BCUT2D eigenvalue weighted by Crippen LogP contribution is 2.30. The summed E-state index contributed by atoms with van der Waals surface area (Å²) in [7, 11) is -3.85. The lowest BCUT2D eigenvalue weighted by Gasteiger charge is -2.11. The summed E-state index contributed by atoms with van der Waals surface area (Å²) < 4.78 is 56.2. The van der Waals surface area contributed by atoms with Crippen molar-refractivity contribution in [3.8, 4) is 11.1 Å². The quantitative estimate of drug-likeness (QED) is 0.264. The van der Waals surface area contributed by atoms with Gasteiger partial charge in [0, 0.05) is 28.9 Å². The number of nitrogens with zero attached hydrogens (tertiary/aromatic N) is 2. The van der Waals surface area contributed by atoms with Crippen molar-refractivity contribution in [2.24, 2.45) is 0 Å². The number of benzene rings is 2. The maximum absolute atomic E-state index is 15.2. The lowest BCUT2D eigenvalue weighted by molar-refractivity contribution is 0.103. The zero-order chi connectivity index (χ0) is 25.6. The summed E-state index contributed by atoms with van der Waals surface area (Å²) in [5, 5.41) is 0.370. The number of H-pyrrole nitrogens is 2. The van der Waals surface area contributed by atoms with Gasteiger partial charge in [-0.3, -0.25) is 9.52 Å². The molecule has 0 aliphatic rings. The second-order valence-corrected chi connectivity index (χ2v) is 10.3. The fraction of sp³-hybridized carbons (Fsp3) is 0.160. The number of hydrogen-bond donors (Lipinski definition) is 3. The van der Waals surface area contributed by atoms with Crippen LogP contribution in [0.4, 0.5) is 14.5 Å². The lowest BCUT2D eigenvalue weighted by Crippen LogP contribution is -2.18. The molecule has 184 valence electrons. The minimum Gasteiger partial charge on any atom is -0.345 e. The third-order valence-corrected chi connectivity index (χ3v) is 7.24. The number of aromatic amines is 2. The summed E-state index contributed by atoms with van der Waals surface area (Å²) in [5.74, 6) is -2.79. The third-order valence-electron chi connectivity index (χ3n) is 5.77. The molecule has 3 aromatic heterocycles. The molecule has 5 aromatic rings. The maximum Gasteiger partial charge on any atom is 0.232 e. The Kier molecular flexibility index (Phi) is 5.79. The molecule has 0 radical (unpaired) electrons. The number of aromatic nitrogens is 4. The van der Waals surface area contributed by atoms with Gasteiger partial charge in [0.1, 0.15) is 17.3 Å². The van der Waals surface area contributed by atoms with Crippen molar-refractivity contribution in [2.75, 3.05) is 10.5 Å². The van der Waals surface area contributed by atoms with Crippen LogP contribution in [-0.2, 0) is 10.0 Å². The topological polar surface area (TPSA) is 121 Å². The van der Waals surface area contributed by atoms with Crippen LogP contribution in [0.5, 0.6) is 0 Å². The van der Waals surface area contributed by atoms with Gasteiger partial charge in [-0.1, -0.05) is 13.0 Å². The van der Waals surface area contributed by atoms with Gasteiger partial charge in [-0.2, -0.15) is 0 Å². The van der Waals surface area contributed by atoms with Crippen LogP contribution < -0.4 is 4.72 Å². The number of anilines is 1. The van der Waals surface area contributed by atoms with E-state index in [2.05, 4.69) is 24.7 Å². The lowest BCUT2D eigenvalue weighted by atomic mass is 9.99. The number of nitrogens with one attached hydrogen (secondary N) is 3. The third kappa shape index (κ3) is 4.22. The van der Waals surface area contributed by atoms with Crippen LogP contribution in [0.1, 0.15) is 35.1 Å². The Balaban J connectivity index is 1.57. The average Bonchev–Trinajstić information content (AvgIpc) is 3.42. The van der Waals surface area contributed by atoms with E-state index in [0.717, 1.165) is 34.6 Å². The molecule has 0 aliphatic heterocycles. The standard InChI is InChI=1S/C25H21F2N5O3S/c1-3-8-36(34,35)32-20-7-5-18(26)22(23(20)27)24(33)17-12-29-25-16(17)9-15(11-28-25)14-4-6-19-21(10-14)31-13(2)30-19/h4-7,9-12,32H,3,8H2,1-2H3,(H,28,29)(H,30,31). The van der Waals surface area contributed by atoms with Crippen molar-refractivity contribution in [3.05, 3.63) is 77.4 Å². The molecule has 0 atom stereocenters. The highest BCUT2D eigenvalue weighted by molar-refractivity contribution is 7.92. The maximum atomic E-state index is 15.2. The van der Waals surface area contributed by atoms with Crippen molar-refractivity contribution >= 4 is 43.6 Å². The summed E-state index contributed by atoms with van der Waals surface area (Å²) in [6.07, 6.45) is 3.27. The predicted octanol–water partition coefficient (Wildman–Crippen LogP) is 5.08. The number of fused-ring (bicyclic) bond motifs is 2. The van der Waals surface area contributed by atoms with Gasteiger partial charge in [0.15, 0.2) is 5.82 Å². The normalized spacial score (nSPS) is 11.9. The van der Waals surface area contributed by atoms with E-state index in [1.54, 1.807) is 19.2 Å². The van der Waals surface area contributed by atoms with E-state index in [-0.39, 0.29) is 11.3 Å². The molecule has 0 saturated carbocycles. The molecule has 0 unspecified atom stereocenters. The number of imidazole rings is 1. The van der Waals surface area contributed by atoms with E-state index in [1.165, 1.54) is 6.20 Å². The van der Waals surface area contributed by atoms with Crippen molar-refractivity contribution in [1.29, 1.82) is 0 Å². The Bertz CT molecular complexity index is 1760. The molecule has 11 heteroatoms. The van der Waals surface area contributed by atoms with E-state index in [4.69, 9.17) is 0 Å². The first-order valence-electron chi connectivity index (χ1n) is 11.1. The van der Waals surface area contributed by atoms with Crippen LogP contribution in [0.3, 0.4) is 0 Å². The molecule has 8 nitrogen and oxygen atoms in total. The summed E-state index contributed by atoms with van der Waals surface area (Å²) in [5.41, 5.74) is 2.16. The molecule has 0 bridgehead atoms. The van der Waals surface area contributed by atoms with Crippen LogP contribution >= 0.6 is 0 Å². The highest BCUT2D eigenvalue weighted by atomic mass is 32.2. The van der Waals surface area contributed by atoms with E-state index < -0.39 is 38.7 Å². The van der Waals surface area contributed by atoms with Crippen LogP contribution in [-0.4, -0.2) is 39.9 Å². The number of halogens is 2. The van der Waals surface area contributed by atoms with Gasteiger partial charge < -0.3 is 9.97 Å². The molecule has 0 fully saturated rings. The van der Waals surface area contributed by atoms with E-state index >= 15 is 4.39 Å². The highest BCUT2D eigenvalue weighted by Gasteiger charge is 2.26. The Morgan fingerprint density at radius 3 is 2.69 bits per heavy atom. The Morgan fingerprint density at radius 2 is 1.92 bits per heavy atom. The Morgan fingerprint density at radius 1 is 1.11 bits per heavy atom. The fourth-order valence-corrected chi connectivity index (χ4v) is 5.26. The van der Waals surface area contributed by atoms with Gasteiger partial charge in [0.25, 0.3) is 0 Å². The van der Waals surface area contributed by atoms with Crippen LogP contribution in [0, 0.1) is 18.6 Å². The largest absolute Gasteiger partial charge is 0.345 e. The van der Waals surface area contributed by atoms with E-state index in [9.17, 15) is 17.6 Å². The summed E-state index contributed by atoms with van der Waals surface area (Å²) >= 11 is 0. The molecule has 5 rings (SSSR count). The number of pyridine rings is 1. The van der Waals surface area contributed by atoms with Gasteiger partial charge in [0.2, 0.25) is 15.8 Å². The monoisotopic (exact) mass is 509 g/mol. The molecule has 0 amide bonds. The number of sulfonamides is 1. The summed E-state index contributed by atoms with van der Waals surface area (Å²) in [6, 6.07) is 9.15. The minimum atomic E-state index is -3.85. The number of ketones is 1. The van der Waals surface area contributed by atoms with Crippen LogP contribution in [0.25, 0.3) is 33.2 Å². The molecule has 0 spiro atoms. The minimum absolute atomic E-state index is 0.00387. The van der Waals surface area contributed by atoms with Gasteiger partial charge in [0.05, 0.1) is 28.0 Å². The molecule has 36 heavy (non-hydrogen) atoms. The average molecular weight is 510 g/mol. The van der Waals surface area contributed by atoms with Crippen LogP contribution in [0.2, 0.25) is 0 Å². The molecule has 0 aliphatic carbocycles. The van der Waals surface area contributed by atoms with Gasteiger partial charge in [-0.05, 0) is 49.2 Å². The summed E-state index contributed by atoms with van der Waals surface area (Å²) in [6.45, 7) is 3.51. The Labute approximate surface area is 204 Å². The van der Waals surface area contributed by atoms with Crippen molar-refractivity contribution in [2.45, 2.75) is 20.3 Å². The number of carbonyl (C=O) groups excluding carboxylic acids is 1. The zero-order valence-corrected chi connectivity index (χ0v) is 20.1. The first-order chi connectivity index (χ1) is 17.2. The summed E-state index contributed by atoms with van der Waals surface area (Å²) in [4.78, 5) is 28.1. The molecule has 3 heterocycles.